The summed E-state index contributed by atoms with van der Waals surface area (Å²) in [4.78, 5) is 11.6. The molecule has 6 nitrogen and oxygen atoms in total. The summed E-state index contributed by atoms with van der Waals surface area (Å²) in [6.45, 7) is 3.80. The molecule has 0 aliphatic carbocycles. The molecule has 0 atom stereocenters. The lowest BCUT2D eigenvalue weighted by molar-refractivity contribution is -0.137. The molecule has 0 aliphatic heterocycles. The molecule has 1 heterocycles. The third kappa shape index (κ3) is 5.36. The van der Waals surface area contributed by atoms with Crippen LogP contribution in [0.1, 0.15) is 12.0 Å². The number of carbonyl (C=O) groups excluding carboxylic acids is 1. The van der Waals surface area contributed by atoms with Gasteiger partial charge in [0.1, 0.15) is 5.82 Å². The summed E-state index contributed by atoms with van der Waals surface area (Å²) in [5.74, 6) is 0.281. The van der Waals surface area contributed by atoms with Crippen molar-refractivity contribution in [1.29, 1.82) is 0 Å². The first-order valence-electron chi connectivity index (χ1n) is 10.9. The fraction of sp³-hybridized carbons (Fsp3) is 0.154. The van der Waals surface area contributed by atoms with E-state index in [4.69, 9.17) is 0 Å². The normalized spacial score (nSPS) is 11.4. The molecule has 3 N–H and O–H groups in total. The van der Waals surface area contributed by atoms with Crippen LogP contribution in [-0.2, 0) is 17.5 Å². The number of carbonyl (C=O) groups is 1. The van der Waals surface area contributed by atoms with Gasteiger partial charge in [0.15, 0.2) is 0 Å². The zero-order chi connectivity index (χ0) is 25.0. The number of nitrogens with zero attached hydrogens (tertiary/aromatic N) is 2. The van der Waals surface area contributed by atoms with Crippen LogP contribution in [0.25, 0.3) is 22.0 Å². The number of aliphatic hydroxyl groups excluding tert-OH is 1. The number of amides is 1. The zero-order valence-electron chi connectivity index (χ0n) is 18.6. The standard InChI is InChI=1S/C26H23F3N4O2/c1-2-24(35)30-18-7-5-8-19(16-18)31-25-21-12-11-17(15-23(21)32-33(25)13-6-14-34)20-9-3-4-10-22(20)26(27,28)29/h2-5,7-12,15-16,31,34H,1,6,13-14H2,(H,30,35). The quantitative estimate of drug-likeness (QED) is 0.272. The third-order valence-corrected chi connectivity index (χ3v) is 5.39. The van der Waals surface area contributed by atoms with Crippen molar-refractivity contribution < 1.29 is 23.1 Å². The molecule has 1 aromatic heterocycles. The highest BCUT2D eigenvalue weighted by molar-refractivity contribution is 5.99. The maximum absolute atomic E-state index is 13.5. The molecule has 9 heteroatoms. The van der Waals surface area contributed by atoms with E-state index in [1.807, 2.05) is 6.07 Å². The van der Waals surface area contributed by atoms with Gasteiger partial charge >= 0.3 is 6.18 Å². The maximum atomic E-state index is 13.5. The van der Waals surface area contributed by atoms with E-state index in [-0.39, 0.29) is 18.1 Å². The second-order valence-corrected chi connectivity index (χ2v) is 7.82. The van der Waals surface area contributed by atoms with Crippen LogP contribution < -0.4 is 10.6 Å². The van der Waals surface area contributed by atoms with Crippen LogP contribution in [0.2, 0.25) is 0 Å². The molecule has 0 spiro atoms. The number of alkyl halides is 3. The Labute approximate surface area is 199 Å². The molecule has 0 unspecified atom stereocenters. The largest absolute Gasteiger partial charge is 0.417 e. The van der Waals surface area contributed by atoms with E-state index in [0.29, 0.717) is 46.6 Å². The first-order valence-corrected chi connectivity index (χ1v) is 10.9. The van der Waals surface area contributed by atoms with Crippen LogP contribution in [0, 0.1) is 0 Å². The molecule has 0 radical (unpaired) electrons. The highest BCUT2D eigenvalue weighted by Gasteiger charge is 2.33. The van der Waals surface area contributed by atoms with Crippen molar-refractivity contribution >= 4 is 34.0 Å². The molecule has 4 aromatic rings. The van der Waals surface area contributed by atoms with Crippen LogP contribution in [0.4, 0.5) is 30.4 Å². The van der Waals surface area contributed by atoms with E-state index < -0.39 is 11.7 Å². The van der Waals surface area contributed by atoms with E-state index in [2.05, 4.69) is 22.3 Å². The maximum Gasteiger partial charge on any atom is 0.417 e. The Bertz CT molecular complexity index is 1380. The summed E-state index contributed by atoms with van der Waals surface area (Å²) >= 11 is 0. The van der Waals surface area contributed by atoms with Crippen LogP contribution in [0.5, 0.6) is 0 Å². The van der Waals surface area contributed by atoms with E-state index >= 15 is 0 Å². The Morgan fingerprint density at radius 1 is 1.06 bits per heavy atom. The molecule has 3 aromatic carbocycles. The molecule has 0 saturated heterocycles. The number of benzene rings is 3. The van der Waals surface area contributed by atoms with Gasteiger partial charge in [0.2, 0.25) is 5.91 Å². The summed E-state index contributed by atoms with van der Waals surface area (Å²) < 4.78 is 42.3. The minimum absolute atomic E-state index is 0.0388. The van der Waals surface area contributed by atoms with E-state index in [1.165, 1.54) is 18.2 Å². The van der Waals surface area contributed by atoms with E-state index in [0.717, 1.165) is 6.07 Å². The van der Waals surface area contributed by atoms with Crippen molar-refractivity contribution in [2.24, 2.45) is 0 Å². The molecule has 0 bridgehead atoms. The molecular weight excluding hydrogens is 457 g/mol. The second-order valence-electron chi connectivity index (χ2n) is 7.82. The van der Waals surface area contributed by atoms with Crippen LogP contribution >= 0.6 is 0 Å². The zero-order valence-corrected chi connectivity index (χ0v) is 18.6. The molecule has 1 amide bonds. The van der Waals surface area contributed by atoms with Crippen molar-refractivity contribution in [1.82, 2.24) is 9.78 Å². The average Bonchev–Trinajstić information content (AvgIpc) is 3.18. The van der Waals surface area contributed by atoms with Gasteiger partial charge in [0.05, 0.1) is 11.1 Å². The number of aliphatic hydroxyl groups is 1. The number of anilines is 3. The Hall–Kier alpha value is -4.11. The van der Waals surface area contributed by atoms with Crippen molar-refractivity contribution in [3.63, 3.8) is 0 Å². The first-order chi connectivity index (χ1) is 16.8. The molecule has 0 saturated carbocycles. The van der Waals surface area contributed by atoms with Crippen molar-refractivity contribution in [2.45, 2.75) is 19.1 Å². The lowest BCUT2D eigenvalue weighted by atomic mass is 9.98. The Morgan fingerprint density at radius 3 is 2.57 bits per heavy atom. The third-order valence-electron chi connectivity index (χ3n) is 5.39. The van der Waals surface area contributed by atoms with Gasteiger partial charge < -0.3 is 15.7 Å². The Kier molecular flexibility index (Phi) is 6.88. The molecular formula is C26H23F3N4O2. The van der Waals surface area contributed by atoms with Gasteiger partial charge in [-0.25, -0.2) is 4.68 Å². The first kappa shape index (κ1) is 24.0. The highest BCUT2D eigenvalue weighted by atomic mass is 19.4. The number of rotatable bonds is 8. The topological polar surface area (TPSA) is 79.2 Å². The summed E-state index contributed by atoms with van der Waals surface area (Å²) in [5, 5.41) is 20.6. The minimum Gasteiger partial charge on any atom is -0.396 e. The van der Waals surface area contributed by atoms with Crippen LogP contribution in [0.15, 0.2) is 79.4 Å². The van der Waals surface area contributed by atoms with Crippen LogP contribution in [0.3, 0.4) is 0 Å². The summed E-state index contributed by atoms with van der Waals surface area (Å²) in [6, 6.07) is 17.5. The fourth-order valence-electron chi connectivity index (χ4n) is 3.80. The van der Waals surface area contributed by atoms with E-state index in [9.17, 15) is 23.1 Å². The van der Waals surface area contributed by atoms with Gasteiger partial charge in [-0.2, -0.15) is 18.3 Å². The number of halogens is 3. The predicted molar refractivity (Wildman–Crippen MR) is 130 cm³/mol. The number of nitrogens with one attached hydrogen (secondary N) is 2. The molecule has 0 aliphatic rings. The number of fused-ring (bicyclic) bond motifs is 1. The second kappa shape index (κ2) is 10.0. The Morgan fingerprint density at radius 2 is 1.83 bits per heavy atom. The van der Waals surface area contributed by atoms with Crippen molar-refractivity contribution in [3.8, 4) is 11.1 Å². The highest BCUT2D eigenvalue weighted by Crippen LogP contribution is 2.38. The van der Waals surface area contributed by atoms with Crippen molar-refractivity contribution in [2.75, 3.05) is 17.2 Å². The number of aryl methyl sites for hydroxylation is 1. The Balaban J connectivity index is 1.75. The van der Waals surface area contributed by atoms with E-state index in [1.54, 1.807) is 47.1 Å². The van der Waals surface area contributed by atoms with Crippen LogP contribution in [-0.4, -0.2) is 27.4 Å². The predicted octanol–water partition coefficient (Wildman–Crippen LogP) is 5.97. The van der Waals surface area contributed by atoms with Crippen molar-refractivity contribution in [3.05, 3.63) is 84.9 Å². The molecule has 180 valence electrons. The molecule has 0 fully saturated rings. The summed E-state index contributed by atoms with van der Waals surface area (Å²) in [6.07, 6.45) is -2.86. The lowest BCUT2D eigenvalue weighted by Gasteiger charge is -2.13. The fourth-order valence-corrected chi connectivity index (χ4v) is 3.80. The number of aromatic nitrogens is 2. The van der Waals surface area contributed by atoms with Gasteiger partial charge in [-0.05, 0) is 60.0 Å². The van der Waals surface area contributed by atoms with Gasteiger partial charge in [-0.3, -0.25) is 4.79 Å². The minimum atomic E-state index is -4.48. The smallest absolute Gasteiger partial charge is 0.396 e. The molecule has 4 rings (SSSR count). The molecule has 35 heavy (non-hydrogen) atoms. The van der Waals surface area contributed by atoms with Gasteiger partial charge in [-0.1, -0.05) is 36.9 Å². The monoisotopic (exact) mass is 480 g/mol. The SMILES string of the molecule is C=CC(=O)Nc1cccc(Nc2c3ccc(-c4ccccc4C(F)(F)F)cc3nn2CCCO)c1. The van der Waals surface area contributed by atoms with Gasteiger partial charge in [0.25, 0.3) is 0 Å². The van der Waals surface area contributed by atoms with Gasteiger partial charge in [0, 0.05) is 29.9 Å². The number of hydrogen-bond acceptors (Lipinski definition) is 4. The number of hydrogen-bond donors (Lipinski definition) is 3. The average molecular weight is 480 g/mol. The summed E-state index contributed by atoms with van der Waals surface area (Å²) in [5.41, 5.74) is 1.51. The van der Waals surface area contributed by atoms with Gasteiger partial charge in [-0.15, -0.1) is 0 Å². The lowest BCUT2D eigenvalue weighted by Crippen LogP contribution is -2.08. The summed E-state index contributed by atoms with van der Waals surface area (Å²) in [7, 11) is 0.